The smallest absolute Gasteiger partial charge is 0.262 e. The highest BCUT2D eigenvalue weighted by atomic mass is 79.9. The molecule has 0 aromatic carbocycles. The van der Waals surface area contributed by atoms with Gasteiger partial charge in [0.15, 0.2) is 0 Å². The zero-order chi connectivity index (χ0) is 37.2. The SMILES string of the molecule is C#Cc1ccccn1.N#CCN1CCc2nc3cc(Br)ccn3c(=O)c2C1.N#CCN1CCc2nc3cc(C#Cc4ccccn4)ccn3c(=O)c2C1. The van der Waals surface area contributed by atoms with Gasteiger partial charge in [0.2, 0.25) is 0 Å². The van der Waals surface area contributed by atoms with Crippen LogP contribution in [0.4, 0.5) is 0 Å². The fourth-order valence-electron chi connectivity index (χ4n) is 5.85. The van der Waals surface area contributed by atoms with E-state index >= 15 is 0 Å². The van der Waals surface area contributed by atoms with Gasteiger partial charge in [-0.05, 0) is 54.5 Å². The molecule has 0 unspecified atom stereocenters. The van der Waals surface area contributed by atoms with Crippen LogP contribution in [0.2, 0.25) is 0 Å². The molecule has 8 rings (SSSR count). The van der Waals surface area contributed by atoms with Crippen molar-refractivity contribution in [2.24, 2.45) is 0 Å². The molecule has 0 spiro atoms. The Morgan fingerprint density at radius 2 is 1.26 bits per heavy atom. The van der Waals surface area contributed by atoms with Crippen LogP contribution in [0, 0.1) is 46.8 Å². The third-order valence-corrected chi connectivity index (χ3v) is 8.97. The summed E-state index contributed by atoms with van der Waals surface area (Å²) in [5, 5.41) is 17.6. The van der Waals surface area contributed by atoms with Crippen LogP contribution < -0.4 is 11.1 Å². The van der Waals surface area contributed by atoms with Gasteiger partial charge in [-0.25, -0.2) is 19.9 Å². The maximum Gasteiger partial charge on any atom is 0.262 e. The van der Waals surface area contributed by atoms with E-state index in [-0.39, 0.29) is 11.1 Å². The molecule has 0 radical (unpaired) electrons. The van der Waals surface area contributed by atoms with Crippen LogP contribution in [0.25, 0.3) is 11.3 Å². The number of aromatic nitrogens is 6. The van der Waals surface area contributed by atoms with Crippen molar-refractivity contribution < 1.29 is 0 Å². The monoisotopic (exact) mass is 762 g/mol. The molecule has 260 valence electrons. The predicted molar refractivity (Wildman–Crippen MR) is 202 cm³/mol. The molecule has 6 aromatic rings. The molecule has 2 aliphatic heterocycles. The maximum absolute atomic E-state index is 12.8. The first-order valence-electron chi connectivity index (χ1n) is 16.6. The van der Waals surface area contributed by atoms with Crippen LogP contribution in [-0.2, 0) is 25.9 Å². The standard InChI is InChI=1S/C20H15N5O.C13H11BrN4O.C7H5N/c21-8-12-24-10-7-18-17(14-24)20(26)25-11-6-15(13-19(25)23-18)4-5-16-3-1-2-9-22-16;14-9-1-5-18-12(7-9)16-11-2-4-17(6-3-15)8-10(11)13(18)19;1-2-7-5-3-4-6-8-7/h1-3,6,9,11,13H,7,10,12,14H2;1,5,7H,2,4,6,8H2;1,3-6H. The van der Waals surface area contributed by atoms with Crippen LogP contribution >= 0.6 is 15.9 Å². The summed E-state index contributed by atoms with van der Waals surface area (Å²) in [5.41, 5.74) is 6.38. The van der Waals surface area contributed by atoms with E-state index in [4.69, 9.17) is 16.9 Å². The second kappa shape index (κ2) is 17.2. The van der Waals surface area contributed by atoms with E-state index in [1.54, 1.807) is 45.7 Å². The minimum atomic E-state index is -0.0723. The van der Waals surface area contributed by atoms with Gasteiger partial charge in [0.25, 0.3) is 11.1 Å². The Balaban J connectivity index is 0.000000155. The van der Waals surface area contributed by atoms with Gasteiger partial charge in [-0.2, -0.15) is 10.5 Å². The molecular formula is C40H31BrN10O2. The normalized spacial score (nSPS) is 13.2. The number of rotatable bonds is 2. The molecule has 0 saturated heterocycles. The molecular weight excluding hydrogens is 732 g/mol. The zero-order valence-electron chi connectivity index (χ0n) is 28.5. The van der Waals surface area contributed by atoms with Gasteiger partial charge in [0.1, 0.15) is 22.7 Å². The minimum Gasteiger partial charge on any atom is -0.286 e. The van der Waals surface area contributed by atoms with E-state index in [9.17, 15) is 9.59 Å². The average Bonchev–Trinajstić information content (AvgIpc) is 3.19. The van der Waals surface area contributed by atoms with Crippen molar-refractivity contribution in [3.05, 3.63) is 150 Å². The Bertz CT molecular complexity index is 2590. The number of hydrogen-bond donors (Lipinski definition) is 0. The Morgan fingerprint density at radius 1 is 0.717 bits per heavy atom. The molecule has 2 aliphatic rings. The van der Waals surface area contributed by atoms with Crippen LogP contribution in [0.3, 0.4) is 0 Å². The van der Waals surface area contributed by atoms with Gasteiger partial charge in [-0.1, -0.05) is 39.9 Å². The summed E-state index contributed by atoms with van der Waals surface area (Å²) in [7, 11) is 0. The number of nitriles is 2. The third-order valence-electron chi connectivity index (χ3n) is 8.48. The van der Waals surface area contributed by atoms with Gasteiger partial charge in [0.05, 0.1) is 47.7 Å². The van der Waals surface area contributed by atoms with Crippen LogP contribution in [0.1, 0.15) is 39.5 Å². The summed E-state index contributed by atoms with van der Waals surface area (Å²) in [6, 6.07) is 22.6. The van der Waals surface area contributed by atoms with E-state index in [2.05, 4.69) is 65.8 Å². The van der Waals surface area contributed by atoms with Gasteiger partial charge in [-0.3, -0.25) is 28.2 Å². The number of halogens is 1. The molecule has 0 saturated carbocycles. The first-order valence-corrected chi connectivity index (χ1v) is 17.4. The van der Waals surface area contributed by atoms with Crippen molar-refractivity contribution in [1.82, 2.24) is 38.5 Å². The largest absolute Gasteiger partial charge is 0.286 e. The van der Waals surface area contributed by atoms with Crippen LogP contribution in [0.5, 0.6) is 0 Å². The number of hydrogen-bond acceptors (Lipinski definition) is 10. The Labute approximate surface area is 313 Å². The van der Waals surface area contributed by atoms with Gasteiger partial charge >= 0.3 is 0 Å². The first kappa shape index (κ1) is 36.3. The summed E-state index contributed by atoms with van der Waals surface area (Å²) in [6.45, 7) is 3.16. The summed E-state index contributed by atoms with van der Waals surface area (Å²) in [4.78, 5) is 46.4. The molecule has 8 heterocycles. The maximum atomic E-state index is 12.8. The molecule has 13 heteroatoms. The molecule has 53 heavy (non-hydrogen) atoms. The summed E-state index contributed by atoms with van der Waals surface area (Å²) in [5.74, 6) is 8.49. The molecule has 0 amide bonds. The molecule has 12 nitrogen and oxygen atoms in total. The van der Waals surface area contributed by atoms with Crippen molar-refractivity contribution in [1.29, 1.82) is 10.5 Å². The highest BCUT2D eigenvalue weighted by Gasteiger charge is 2.22. The van der Waals surface area contributed by atoms with Gasteiger partial charge < -0.3 is 0 Å². The highest BCUT2D eigenvalue weighted by Crippen LogP contribution is 2.17. The fraction of sp³-hybridized carbons (Fsp3) is 0.200. The van der Waals surface area contributed by atoms with Crippen LogP contribution in [-0.4, -0.2) is 64.7 Å². The Morgan fingerprint density at radius 3 is 1.77 bits per heavy atom. The van der Waals surface area contributed by atoms with E-state index in [0.717, 1.165) is 40.9 Å². The van der Waals surface area contributed by atoms with Crippen molar-refractivity contribution in [3.8, 4) is 36.3 Å². The zero-order valence-corrected chi connectivity index (χ0v) is 30.1. The molecule has 0 fully saturated rings. The average molecular weight is 764 g/mol. The van der Waals surface area contributed by atoms with Crippen molar-refractivity contribution in [3.63, 3.8) is 0 Å². The van der Waals surface area contributed by atoms with Crippen molar-refractivity contribution in [2.75, 3.05) is 26.2 Å². The van der Waals surface area contributed by atoms with E-state index in [1.807, 2.05) is 58.3 Å². The lowest BCUT2D eigenvalue weighted by atomic mass is 10.1. The molecule has 0 aliphatic carbocycles. The topological polar surface area (TPSA) is 149 Å². The molecule has 0 bridgehead atoms. The molecule has 0 atom stereocenters. The third kappa shape index (κ3) is 8.88. The summed E-state index contributed by atoms with van der Waals surface area (Å²) in [6.07, 6.45) is 13.2. The number of nitrogens with zero attached hydrogens (tertiary/aromatic N) is 10. The molecule has 6 aromatic heterocycles. The Hall–Kier alpha value is -6.48. The van der Waals surface area contributed by atoms with E-state index in [0.29, 0.717) is 66.4 Å². The van der Waals surface area contributed by atoms with Crippen molar-refractivity contribution in [2.45, 2.75) is 25.9 Å². The van der Waals surface area contributed by atoms with Crippen LogP contribution in [0.15, 0.2) is 99.5 Å². The van der Waals surface area contributed by atoms with Gasteiger partial charge in [-0.15, -0.1) is 6.42 Å². The summed E-state index contributed by atoms with van der Waals surface area (Å²) < 4.78 is 4.00. The lowest BCUT2D eigenvalue weighted by molar-refractivity contribution is 0.280. The van der Waals surface area contributed by atoms with Crippen molar-refractivity contribution >= 4 is 27.2 Å². The lowest BCUT2D eigenvalue weighted by Crippen LogP contribution is -2.36. The van der Waals surface area contributed by atoms with Gasteiger partial charge in [0, 0.05) is 73.8 Å². The fourth-order valence-corrected chi connectivity index (χ4v) is 6.17. The Kier molecular flexibility index (Phi) is 11.8. The quantitative estimate of drug-likeness (QED) is 0.189. The summed E-state index contributed by atoms with van der Waals surface area (Å²) >= 11 is 3.38. The number of fused-ring (bicyclic) bond motifs is 4. The van der Waals surface area contributed by atoms with E-state index in [1.165, 1.54) is 0 Å². The second-order valence-corrected chi connectivity index (χ2v) is 12.9. The first-order chi connectivity index (χ1) is 25.9. The number of terminal acetylenes is 1. The predicted octanol–water partition coefficient (Wildman–Crippen LogP) is 3.77. The van der Waals surface area contributed by atoms with E-state index < -0.39 is 0 Å². The molecule has 0 N–H and O–H groups in total. The number of pyridine rings is 4. The second-order valence-electron chi connectivity index (χ2n) is 12.0. The highest BCUT2D eigenvalue weighted by molar-refractivity contribution is 9.10. The minimum absolute atomic E-state index is 0.0323. The lowest BCUT2D eigenvalue weighted by Gasteiger charge is -2.25.